The summed E-state index contributed by atoms with van der Waals surface area (Å²) in [5, 5.41) is 10.2. The van der Waals surface area contributed by atoms with E-state index in [9.17, 15) is 14.3 Å². The Morgan fingerprint density at radius 3 is 2.72 bits per heavy atom. The quantitative estimate of drug-likeness (QED) is 0.794. The number of aliphatic hydroxyl groups excluding tert-OH is 1. The van der Waals surface area contributed by atoms with Gasteiger partial charge in [-0.3, -0.25) is 4.79 Å². The molecule has 0 heterocycles. The summed E-state index contributed by atoms with van der Waals surface area (Å²) in [6.07, 6.45) is 0.228. The van der Waals surface area contributed by atoms with Crippen molar-refractivity contribution >= 4 is 5.97 Å². The molecular formula is C14H19FO3. The molecule has 0 aliphatic heterocycles. The average molecular weight is 254 g/mol. The number of esters is 1. The topological polar surface area (TPSA) is 46.5 Å². The molecule has 18 heavy (non-hydrogen) atoms. The van der Waals surface area contributed by atoms with Gasteiger partial charge in [0.2, 0.25) is 0 Å². The summed E-state index contributed by atoms with van der Waals surface area (Å²) in [4.78, 5) is 11.8. The Labute approximate surface area is 107 Å². The second kappa shape index (κ2) is 7.11. The second-order valence-corrected chi connectivity index (χ2v) is 4.15. The lowest BCUT2D eigenvalue weighted by Crippen LogP contribution is -2.24. The Morgan fingerprint density at radius 2 is 2.17 bits per heavy atom. The minimum atomic E-state index is -1.03. The van der Waals surface area contributed by atoms with Gasteiger partial charge in [0.1, 0.15) is 5.82 Å². The largest absolute Gasteiger partial charge is 0.466 e. The van der Waals surface area contributed by atoms with Crippen molar-refractivity contribution in [2.75, 3.05) is 6.61 Å². The van der Waals surface area contributed by atoms with Crippen LogP contribution in [-0.4, -0.2) is 17.7 Å². The van der Waals surface area contributed by atoms with E-state index >= 15 is 0 Å². The lowest BCUT2D eigenvalue weighted by atomic mass is 9.92. The van der Waals surface area contributed by atoms with Crippen LogP contribution >= 0.6 is 0 Å². The van der Waals surface area contributed by atoms with E-state index in [1.807, 2.05) is 6.92 Å². The molecule has 0 bridgehead atoms. The first-order valence-corrected chi connectivity index (χ1v) is 6.20. The highest BCUT2D eigenvalue weighted by Gasteiger charge is 2.28. The Kier molecular flexibility index (Phi) is 5.78. The molecule has 2 atom stereocenters. The normalized spacial score (nSPS) is 14.0. The van der Waals surface area contributed by atoms with Crippen molar-refractivity contribution in [1.29, 1.82) is 0 Å². The van der Waals surface area contributed by atoms with Crippen LogP contribution in [0.15, 0.2) is 24.3 Å². The van der Waals surface area contributed by atoms with Gasteiger partial charge in [-0.2, -0.15) is 0 Å². The Balaban J connectivity index is 2.88. The van der Waals surface area contributed by atoms with Crippen LogP contribution in [0.4, 0.5) is 4.39 Å². The van der Waals surface area contributed by atoms with E-state index in [4.69, 9.17) is 4.74 Å². The molecule has 0 aromatic heterocycles. The van der Waals surface area contributed by atoms with Gasteiger partial charge in [-0.15, -0.1) is 0 Å². The summed E-state index contributed by atoms with van der Waals surface area (Å²) in [6, 6.07) is 5.67. The zero-order valence-electron chi connectivity index (χ0n) is 10.7. The smallest absolute Gasteiger partial charge is 0.311 e. The number of ether oxygens (including phenoxy) is 1. The Hall–Kier alpha value is -1.42. The zero-order valence-corrected chi connectivity index (χ0v) is 10.7. The number of carbonyl (C=O) groups excluding carboxylic acids is 1. The fourth-order valence-corrected chi connectivity index (χ4v) is 1.89. The maximum Gasteiger partial charge on any atom is 0.311 e. The van der Waals surface area contributed by atoms with Gasteiger partial charge in [0.15, 0.2) is 0 Å². The van der Waals surface area contributed by atoms with Crippen LogP contribution in [0.5, 0.6) is 0 Å². The number of carbonyl (C=O) groups is 1. The van der Waals surface area contributed by atoms with Crippen molar-refractivity contribution in [2.24, 2.45) is 5.92 Å². The van der Waals surface area contributed by atoms with Crippen LogP contribution in [0.1, 0.15) is 38.4 Å². The third kappa shape index (κ3) is 3.81. The molecule has 0 aliphatic rings. The summed E-state index contributed by atoms with van der Waals surface area (Å²) in [7, 11) is 0. The van der Waals surface area contributed by atoms with Gasteiger partial charge >= 0.3 is 5.97 Å². The first-order valence-electron chi connectivity index (χ1n) is 6.20. The minimum Gasteiger partial charge on any atom is -0.466 e. The van der Waals surface area contributed by atoms with Crippen molar-refractivity contribution in [3.05, 3.63) is 35.6 Å². The number of aliphatic hydroxyl groups is 1. The van der Waals surface area contributed by atoms with E-state index in [0.717, 1.165) is 6.42 Å². The Bertz CT molecular complexity index is 392. The summed E-state index contributed by atoms with van der Waals surface area (Å²) >= 11 is 0. The van der Waals surface area contributed by atoms with E-state index in [0.29, 0.717) is 12.0 Å². The predicted octanol–water partition coefficient (Wildman–Crippen LogP) is 2.84. The number of hydrogen-bond donors (Lipinski definition) is 1. The summed E-state index contributed by atoms with van der Waals surface area (Å²) in [5.41, 5.74) is 0.404. The lowest BCUT2D eigenvalue weighted by molar-refractivity contribution is -0.152. The lowest BCUT2D eigenvalue weighted by Gasteiger charge is -2.21. The molecule has 2 unspecified atom stereocenters. The molecule has 0 amide bonds. The van der Waals surface area contributed by atoms with Crippen molar-refractivity contribution in [3.8, 4) is 0 Å². The predicted molar refractivity (Wildman–Crippen MR) is 66.4 cm³/mol. The molecule has 1 aromatic carbocycles. The van der Waals surface area contributed by atoms with Gasteiger partial charge in [0.25, 0.3) is 0 Å². The number of hydrogen-bond acceptors (Lipinski definition) is 3. The summed E-state index contributed by atoms with van der Waals surface area (Å²) in [6.45, 7) is 3.91. The van der Waals surface area contributed by atoms with Gasteiger partial charge in [-0.25, -0.2) is 4.39 Å². The molecule has 1 rings (SSSR count). The van der Waals surface area contributed by atoms with Crippen molar-refractivity contribution < 1.29 is 19.0 Å². The molecule has 0 spiro atoms. The Morgan fingerprint density at radius 1 is 1.44 bits per heavy atom. The molecule has 4 heteroatoms. The van der Waals surface area contributed by atoms with Crippen molar-refractivity contribution in [2.45, 2.75) is 32.8 Å². The molecule has 0 saturated heterocycles. The zero-order chi connectivity index (χ0) is 13.5. The molecule has 0 saturated carbocycles. The van der Waals surface area contributed by atoms with Crippen LogP contribution in [0.3, 0.4) is 0 Å². The average Bonchev–Trinajstić information content (AvgIpc) is 2.35. The molecule has 0 radical (unpaired) electrons. The highest BCUT2D eigenvalue weighted by molar-refractivity contribution is 5.73. The maximum atomic E-state index is 13.1. The second-order valence-electron chi connectivity index (χ2n) is 4.15. The molecule has 3 nitrogen and oxygen atoms in total. The first kappa shape index (κ1) is 14.6. The number of benzene rings is 1. The third-order valence-electron chi connectivity index (χ3n) is 2.76. The van der Waals surface area contributed by atoms with Crippen LogP contribution in [0.25, 0.3) is 0 Å². The van der Waals surface area contributed by atoms with Crippen molar-refractivity contribution in [1.82, 2.24) is 0 Å². The molecule has 100 valence electrons. The van der Waals surface area contributed by atoms with Crippen LogP contribution in [-0.2, 0) is 9.53 Å². The molecule has 1 N–H and O–H groups in total. The van der Waals surface area contributed by atoms with Crippen LogP contribution in [0, 0.1) is 11.7 Å². The van der Waals surface area contributed by atoms with E-state index in [-0.39, 0.29) is 6.61 Å². The number of halogens is 1. The fraction of sp³-hybridized carbons (Fsp3) is 0.500. The molecular weight excluding hydrogens is 235 g/mol. The van der Waals surface area contributed by atoms with Gasteiger partial charge in [0.05, 0.1) is 18.6 Å². The van der Waals surface area contributed by atoms with Crippen molar-refractivity contribution in [3.63, 3.8) is 0 Å². The van der Waals surface area contributed by atoms with Crippen LogP contribution < -0.4 is 0 Å². The van der Waals surface area contributed by atoms with E-state index in [1.165, 1.54) is 18.2 Å². The third-order valence-corrected chi connectivity index (χ3v) is 2.76. The SMILES string of the molecule is CCCC(C(=O)OCC)C(O)c1cccc(F)c1. The molecule has 1 aromatic rings. The van der Waals surface area contributed by atoms with Gasteiger partial charge in [0, 0.05) is 0 Å². The number of rotatable bonds is 6. The molecule has 0 aliphatic carbocycles. The maximum absolute atomic E-state index is 13.1. The van der Waals surface area contributed by atoms with E-state index < -0.39 is 23.8 Å². The summed E-state index contributed by atoms with van der Waals surface area (Å²) < 4.78 is 18.0. The summed E-state index contributed by atoms with van der Waals surface area (Å²) in [5.74, 6) is -1.50. The van der Waals surface area contributed by atoms with Crippen LogP contribution in [0.2, 0.25) is 0 Å². The monoisotopic (exact) mass is 254 g/mol. The molecule has 0 fully saturated rings. The van der Waals surface area contributed by atoms with Gasteiger partial charge in [-0.05, 0) is 31.0 Å². The van der Waals surface area contributed by atoms with Gasteiger partial charge in [-0.1, -0.05) is 25.5 Å². The minimum absolute atomic E-state index is 0.273. The van der Waals surface area contributed by atoms with E-state index in [1.54, 1.807) is 13.0 Å². The van der Waals surface area contributed by atoms with Gasteiger partial charge < -0.3 is 9.84 Å². The highest BCUT2D eigenvalue weighted by Crippen LogP contribution is 2.27. The highest BCUT2D eigenvalue weighted by atomic mass is 19.1. The first-order chi connectivity index (χ1) is 8.60. The standard InChI is InChI=1S/C14H19FO3/c1-3-6-12(14(17)18-4-2)13(16)10-7-5-8-11(15)9-10/h5,7-9,12-13,16H,3-4,6H2,1-2H3. The van der Waals surface area contributed by atoms with E-state index in [2.05, 4.69) is 0 Å². The fourth-order valence-electron chi connectivity index (χ4n) is 1.89.